The van der Waals surface area contributed by atoms with E-state index in [1.54, 1.807) is 82.6 Å². The zero-order valence-electron chi connectivity index (χ0n) is 17.1. The third-order valence-electron chi connectivity index (χ3n) is 5.45. The lowest BCUT2D eigenvalue weighted by Crippen LogP contribution is -2.50. The first kappa shape index (κ1) is 22.1. The first-order chi connectivity index (χ1) is 15.4. The molecular formula is C25H20Cl2N2O3. The molecule has 0 atom stereocenters. The van der Waals surface area contributed by atoms with Crippen molar-refractivity contribution < 1.29 is 14.4 Å². The first-order valence-electron chi connectivity index (χ1n) is 10.2. The van der Waals surface area contributed by atoms with Crippen LogP contribution in [-0.4, -0.2) is 53.6 Å². The van der Waals surface area contributed by atoms with Gasteiger partial charge in [0.15, 0.2) is 5.78 Å². The minimum atomic E-state index is -0.234. The Morgan fingerprint density at radius 2 is 1.00 bits per heavy atom. The Balaban J connectivity index is 1.47. The summed E-state index contributed by atoms with van der Waals surface area (Å²) >= 11 is 11.8. The second-order valence-corrected chi connectivity index (χ2v) is 8.35. The summed E-state index contributed by atoms with van der Waals surface area (Å²) in [6, 6.07) is 20.1. The summed E-state index contributed by atoms with van der Waals surface area (Å²) in [6.45, 7) is 1.62. The van der Waals surface area contributed by atoms with Crippen LogP contribution in [0.4, 0.5) is 0 Å². The number of carbonyl (C=O) groups excluding carboxylic acids is 3. The van der Waals surface area contributed by atoms with E-state index in [0.29, 0.717) is 58.5 Å². The maximum absolute atomic E-state index is 13.2. The van der Waals surface area contributed by atoms with Gasteiger partial charge in [-0.25, -0.2) is 0 Å². The first-order valence-corrected chi connectivity index (χ1v) is 10.9. The molecular weight excluding hydrogens is 447 g/mol. The maximum atomic E-state index is 13.2. The summed E-state index contributed by atoms with van der Waals surface area (Å²) in [5.41, 5.74) is 1.73. The quantitative estimate of drug-likeness (QED) is 0.517. The lowest BCUT2D eigenvalue weighted by atomic mass is 9.97. The highest BCUT2D eigenvalue weighted by molar-refractivity contribution is 6.31. The molecule has 0 spiro atoms. The van der Waals surface area contributed by atoms with Crippen molar-refractivity contribution in [2.45, 2.75) is 0 Å². The number of hydrogen-bond acceptors (Lipinski definition) is 3. The van der Waals surface area contributed by atoms with Crippen molar-refractivity contribution in [3.05, 3.63) is 105 Å². The summed E-state index contributed by atoms with van der Waals surface area (Å²) < 4.78 is 0. The molecule has 1 aliphatic rings. The summed E-state index contributed by atoms with van der Waals surface area (Å²) in [6.07, 6.45) is 0. The number of nitrogens with zero attached hydrogens (tertiary/aromatic N) is 2. The molecule has 0 aliphatic carbocycles. The van der Waals surface area contributed by atoms with Gasteiger partial charge in [0.05, 0.1) is 5.56 Å². The van der Waals surface area contributed by atoms with Crippen LogP contribution >= 0.6 is 23.2 Å². The molecule has 0 N–H and O–H groups in total. The summed E-state index contributed by atoms with van der Waals surface area (Å²) in [5, 5.41) is 1.11. The molecule has 0 bridgehead atoms. The van der Waals surface area contributed by atoms with Gasteiger partial charge in [0.25, 0.3) is 11.8 Å². The fourth-order valence-electron chi connectivity index (χ4n) is 3.68. The van der Waals surface area contributed by atoms with Crippen molar-refractivity contribution in [1.29, 1.82) is 0 Å². The van der Waals surface area contributed by atoms with E-state index in [0.717, 1.165) is 0 Å². The van der Waals surface area contributed by atoms with E-state index < -0.39 is 0 Å². The molecule has 0 unspecified atom stereocenters. The number of amides is 2. The Morgan fingerprint density at radius 3 is 1.53 bits per heavy atom. The number of halogens is 2. The monoisotopic (exact) mass is 466 g/mol. The van der Waals surface area contributed by atoms with Crippen LogP contribution in [0.25, 0.3) is 0 Å². The molecule has 32 heavy (non-hydrogen) atoms. The average Bonchev–Trinajstić information content (AvgIpc) is 2.84. The zero-order valence-corrected chi connectivity index (χ0v) is 18.6. The SMILES string of the molecule is O=C(c1ccc(Cl)cc1)c1ccccc1C(=O)N1CCN(C(=O)c2ccc(Cl)cc2)CC1. The Kier molecular flexibility index (Phi) is 6.58. The smallest absolute Gasteiger partial charge is 0.254 e. The molecule has 1 aliphatic heterocycles. The van der Waals surface area contributed by atoms with E-state index in [4.69, 9.17) is 23.2 Å². The van der Waals surface area contributed by atoms with Crippen molar-refractivity contribution in [1.82, 2.24) is 9.80 Å². The Labute approximate surface area is 196 Å². The van der Waals surface area contributed by atoms with Crippen molar-refractivity contribution in [3.8, 4) is 0 Å². The molecule has 0 aromatic heterocycles. The van der Waals surface area contributed by atoms with Crippen LogP contribution in [0.15, 0.2) is 72.8 Å². The molecule has 0 saturated carbocycles. The minimum absolute atomic E-state index is 0.0907. The average molecular weight is 467 g/mol. The normalized spacial score (nSPS) is 13.7. The number of ketones is 1. The predicted molar refractivity (Wildman–Crippen MR) is 125 cm³/mol. The van der Waals surface area contributed by atoms with Crippen LogP contribution in [0.1, 0.15) is 36.6 Å². The Bertz CT molecular complexity index is 1150. The zero-order chi connectivity index (χ0) is 22.7. The number of hydrogen-bond donors (Lipinski definition) is 0. The van der Waals surface area contributed by atoms with Crippen LogP contribution in [0.3, 0.4) is 0 Å². The van der Waals surface area contributed by atoms with E-state index in [2.05, 4.69) is 0 Å². The molecule has 3 aromatic carbocycles. The number of carbonyl (C=O) groups is 3. The van der Waals surface area contributed by atoms with E-state index in [1.807, 2.05) is 0 Å². The maximum Gasteiger partial charge on any atom is 0.254 e. The summed E-state index contributed by atoms with van der Waals surface area (Å²) in [7, 11) is 0. The number of piperazine rings is 1. The van der Waals surface area contributed by atoms with E-state index in [1.165, 1.54) is 0 Å². The Hall–Kier alpha value is -3.15. The molecule has 4 rings (SSSR count). The van der Waals surface area contributed by atoms with Crippen LogP contribution in [0, 0.1) is 0 Å². The molecule has 2 amide bonds. The lowest BCUT2D eigenvalue weighted by molar-refractivity contribution is 0.0534. The lowest BCUT2D eigenvalue weighted by Gasteiger charge is -2.35. The third kappa shape index (κ3) is 4.69. The predicted octanol–water partition coefficient (Wildman–Crippen LogP) is 4.82. The van der Waals surface area contributed by atoms with Crippen LogP contribution in [0.5, 0.6) is 0 Å². The van der Waals surface area contributed by atoms with Crippen LogP contribution in [0.2, 0.25) is 10.0 Å². The van der Waals surface area contributed by atoms with Crippen molar-refractivity contribution in [2.24, 2.45) is 0 Å². The van der Waals surface area contributed by atoms with E-state index >= 15 is 0 Å². The van der Waals surface area contributed by atoms with Gasteiger partial charge >= 0.3 is 0 Å². The van der Waals surface area contributed by atoms with Gasteiger partial charge in [0.1, 0.15) is 0 Å². The van der Waals surface area contributed by atoms with Crippen molar-refractivity contribution in [3.63, 3.8) is 0 Å². The van der Waals surface area contributed by atoms with Gasteiger partial charge in [-0.2, -0.15) is 0 Å². The van der Waals surface area contributed by atoms with Crippen LogP contribution < -0.4 is 0 Å². The van der Waals surface area contributed by atoms with E-state index in [-0.39, 0.29) is 17.6 Å². The standard InChI is InChI=1S/C25H20Cl2N2O3/c26-19-9-5-17(6-10-19)23(30)21-3-1-2-4-22(21)25(32)29-15-13-28(14-16-29)24(31)18-7-11-20(27)12-8-18/h1-12H,13-16H2. The highest BCUT2D eigenvalue weighted by Crippen LogP contribution is 2.20. The largest absolute Gasteiger partial charge is 0.335 e. The highest BCUT2D eigenvalue weighted by Gasteiger charge is 2.27. The second-order valence-electron chi connectivity index (χ2n) is 7.47. The second kappa shape index (κ2) is 9.55. The Morgan fingerprint density at radius 1 is 0.562 bits per heavy atom. The number of rotatable bonds is 4. The molecule has 3 aromatic rings. The molecule has 1 heterocycles. The van der Waals surface area contributed by atoms with Gasteiger partial charge in [-0.05, 0) is 54.6 Å². The summed E-state index contributed by atoms with van der Waals surface area (Å²) in [5.74, 6) is -0.546. The minimum Gasteiger partial charge on any atom is -0.335 e. The molecule has 1 fully saturated rings. The molecule has 162 valence electrons. The van der Waals surface area contributed by atoms with Gasteiger partial charge in [-0.1, -0.05) is 41.4 Å². The van der Waals surface area contributed by atoms with Crippen molar-refractivity contribution in [2.75, 3.05) is 26.2 Å². The van der Waals surface area contributed by atoms with Gasteiger partial charge in [0.2, 0.25) is 0 Å². The fraction of sp³-hybridized carbons (Fsp3) is 0.160. The van der Waals surface area contributed by atoms with Crippen LogP contribution in [-0.2, 0) is 0 Å². The van der Waals surface area contributed by atoms with E-state index in [9.17, 15) is 14.4 Å². The van der Waals surface area contributed by atoms with Gasteiger partial charge < -0.3 is 9.80 Å². The molecule has 1 saturated heterocycles. The molecule has 0 radical (unpaired) electrons. The summed E-state index contributed by atoms with van der Waals surface area (Å²) in [4.78, 5) is 42.3. The number of benzene rings is 3. The van der Waals surface area contributed by atoms with Crippen molar-refractivity contribution >= 4 is 40.8 Å². The molecule has 5 nitrogen and oxygen atoms in total. The van der Waals surface area contributed by atoms with Gasteiger partial charge in [-0.15, -0.1) is 0 Å². The fourth-order valence-corrected chi connectivity index (χ4v) is 3.93. The molecule has 7 heteroatoms. The van der Waals surface area contributed by atoms with Gasteiger partial charge in [0, 0.05) is 52.9 Å². The highest BCUT2D eigenvalue weighted by atomic mass is 35.5. The van der Waals surface area contributed by atoms with Gasteiger partial charge in [-0.3, -0.25) is 14.4 Å². The third-order valence-corrected chi connectivity index (χ3v) is 5.96. The topological polar surface area (TPSA) is 57.7 Å².